The molecule has 1 aromatic heterocycles. The fourth-order valence-corrected chi connectivity index (χ4v) is 5.04. The van der Waals surface area contributed by atoms with E-state index in [4.69, 9.17) is 5.26 Å². The van der Waals surface area contributed by atoms with Crippen molar-refractivity contribution in [3.63, 3.8) is 0 Å². The SMILES string of the molecule is CN1CCN(S(=O)(=O)c2ccc(C#N)s2)c2ccccc21. The van der Waals surface area contributed by atoms with Crippen molar-refractivity contribution >= 4 is 32.7 Å². The Morgan fingerprint density at radius 1 is 1.14 bits per heavy atom. The molecule has 1 aliphatic heterocycles. The van der Waals surface area contributed by atoms with E-state index in [0.717, 1.165) is 17.0 Å². The number of benzene rings is 1. The molecule has 5 nitrogen and oxygen atoms in total. The average Bonchev–Trinajstić information content (AvgIpc) is 2.97. The maximum Gasteiger partial charge on any atom is 0.273 e. The van der Waals surface area contributed by atoms with E-state index in [1.165, 1.54) is 10.4 Å². The van der Waals surface area contributed by atoms with Crippen LogP contribution in [0.2, 0.25) is 0 Å². The topological polar surface area (TPSA) is 64.4 Å². The van der Waals surface area contributed by atoms with Gasteiger partial charge in [0.2, 0.25) is 0 Å². The highest BCUT2D eigenvalue weighted by atomic mass is 32.2. The van der Waals surface area contributed by atoms with Crippen LogP contribution >= 0.6 is 11.3 Å². The summed E-state index contributed by atoms with van der Waals surface area (Å²) in [6, 6.07) is 12.5. The number of nitrogens with zero attached hydrogens (tertiary/aromatic N) is 3. The third kappa shape index (κ3) is 2.26. The van der Waals surface area contributed by atoms with Crippen molar-refractivity contribution in [2.75, 3.05) is 29.3 Å². The number of anilines is 2. The second-order valence-electron chi connectivity index (χ2n) is 4.72. The number of hydrogen-bond donors (Lipinski definition) is 0. The minimum absolute atomic E-state index is 0.207. The molecule has 108 valence electrons. The zero-order chi connectivity index (χ0) is 15.0. The lowest BCUT2D eigenvalue weighted by molar-refractivity contribution is 0.591. The molecule has 1 aromatic carbocycles. The maximum atomic E-state index is 12.8. The van der Waals surface area contributed by atoms with Gasteiger partial charge < -0.3 is 4.90 Å². The van der Waals surface area contributed by atoms with E-state index < -0.39 is 10.0 Å². The molecule has 0 fully saturated rings. The normalized spacial score (nSPS) is 14.7. The van der Waals surface area contributed by atoms with Gasteiger partial charge in [-0.05, 0) is 24.3 Å². The fourth-order valence-electron chi connectivity index (χ4n) is 2.36. The van der Waals surface area contributed by atoms with Gasteiger partial charge in [0.1, 0.15) is 15.2 Å². The van der Waals surface area contributed by atoms with E-state index in [-0.39, 0.29) is 4.21 Å². The molecule has 0 atom stereocenters. The summed E-state index contributed by atoms with van der Waals surface area (Å²) in [6.07, 6.45) is 0. The van der Waals surface area contributed by atoms with Crippen LogP contribution in [-0.2, 0) is 10.0 Å². The molecule has 2 aromatic rings. The number of fused-ring (bicyclic) bond motifs is 1. The van der Waals surface area contributed by atoms with E-state index in [1.807, 2.05) is 36.2 Å². The highest BCUT2D eigenvalue weighted by molar-refractivity contribution is 7.94. The molecule has 0 saturated carbocycles. The van der Waals surface area contributed by atoms with Gasteiger partial charge in [0.15, 0.2) is 0 Å². The zero-order valence-electron chi connectivity index (χ0n) is 11.4. The van der Waals surface area contributed by atoms with Crippen molar-refractivity contribution in [2.45, 2.75) is 4.21 Å². The molecule has 2 heterocycles. The predicted octanol–water partition coefficient (Wildman–Crippen LogP) is 2.26. The van der Waals surface area contributed by atoms with E-state index in [9.17, 15) is 8.42 Å². The van der Waals surface area contributed by atoms with Crippen molar-refractivity contribution in [3.8, 4) is 6.07 Å². The standard InChI is InChI=1S/C14H13N3O2S2/c1-16-8-9-17(13-5-3-2-4-12(13)16)21(18,19)14-7-6-11(10-15)20-14/h2-7H,8-9H2,1H3. The van der Waals surface area contributed by atoms with Crippen molar-refractivity contribution < 1.29 is 8.42 Å². The Balaban J connectivity index is 2.08. The molecule has 3 rings (SSSR count). The van der Waals surface area contributed by atoms with Crippen molar-refractivity contribution in [1.29, 1.82) is 5.26 Å². The maximum absolute atomic E-state index is 12.8. The predicted molar refractivity (Wildman–Crippen MR) is 83.3 cm³/mol. The molecule has 0 radical (unpaired) electrons. The molecule has 0 unspecified atom stereocenters. The van der Waals surface area contributed by atoms with Crippen LogP contribution in [0.25, 0.3) is 0 Å². The number of nitriles is 1. The summed E-state index contributed by atoms with van der Waals surface area (Å²) in [4.78, 5) is 2.44. The van der Waals surface area contributed by atoms with Gasteiger partial charge >= 0.3 is 0 Å². The second kappa shape index (κ2) is 5.06. The summed E-state index contributed by atoms with van der Waals surface area (Å²) in [5, 5.41) is 8.86. The van der Waals surface area contributed by atoms with Gasteiger partial charge in [-0.3, -0.25) is 4.31 Å². The second-order valence-corrected chi connectivity index (χ2v) is 7.89. The highest BCUT2D eigenvalue weighted by Crippen LogP contribution is 2.36. The molecule has 21 heavy (non-hydrogen) atoms. The van der Waals surface area contributed by atoms with E-state index in [2.05, 4.69) is 0 Å². The summed E-state index contributed by atoms with van der Waals surface area (Å²) in [5.74, 6) is 0. The van der Waals surface area contributed by atoms with Crippen LogP contribution in [0.1, 0.15) is 4.88 Å². The Hall–Kier alpha value is -2.04. The molecule has 0 N–H and O–H groups in total. The summed E-state index contributed by atoms with van der Waals surface area (Å²) in [6.45, 7) is 1.03. The van der Waals surface area contributed by atoms with E-state index >= 15 is 0 Å². The minimum Gasteiger partial charge on any atom is -0.371 e. The third-order valence-electron chi connectivity index (χ3n) is 3.44. The van der Waals surface area contributed by atoms with Crippen molar-refractivity contribution in [3.05, 3.63) is 41.3 Å². The van der Waals surface area contributed by atoms with Crippen molar-refractivity contribution in [2.24, 2.45) is 0 Å². The van der Waals surface area contributed by atoms with Gasteiger partial charge in [-0.1, -0.05) is 12.1 Å². The Morgan fingerprint density at radius 3 is 2.52 bits per heavy atom. The summed E-state index contributed by atoms with van der Waals surface area (Å²) in [7, 11) is -1.67. The van der Waals surface area contributed by atoms with E-state index in [0.29, 0.717) is 23.7 Å². The van der Waals surface area contributed by atoms with Gasteiger partial charge in [0.25, 0.3) is 10.0 Å². The van der Waals surface area contributed by atoms with Crippen molar-refractivity contribution in [1.82, 2.24) is 0 Å². The lowest BCUT2D eigenvalue weighted by Crippen LogP contribution is -2.42. The number of sulfonamides is 1. The van der Waals surface area contributed by atoms with Crippen LogP contribution in [0.15, 0.2) is 40.6 Å². The Morgan fingerprint density at radius 2 is 1.86 bits per heavy atom. The van der Waals surface area contributed by atoms with Gasteiger partial charge in [-0.2, -0.15) is 5.26 Å². The first-order valence-electron chi connectivity index (χ1n) is 6.37. The highest BCUT2D eigenvalue weighted by Gasteiger charge is 2.31. The van der Waals surface area contributed by atoms with Gasteiger partial charge in [0.05, 0.1) is 17.9 Å². The average molecular weight is 319 g/mol. The summed E-state index contributed by atoms with van der Waals surface area (Å²) < 4.78 is 27.2. The Bertz CT molecular complexity index is 821. The minimum atomic E-state index is -3.61. The quantitative estimate of drug-likeness (QED) is 0.852. The molecule has 0 amide bonds. The molecule has 0 saturated heterocycles. The lowest BCUT2D eigenvalue weighted by Gasteiger charge is -2.35. The number of para-hydroxylation sites is 2. The van der Waals surface area contributed by atoms with E-state index in [1.54, 1.807) is 12.1 Å². The summed E-state index contributed by atoms with van der Waals surface area (Å²) >= 11 is 1.00. The Kier molecular flexibility index (Phi) is 3.35. The smallest absolute Gasteiger partial charge is 0.273 e. The molecule has 1 aliphatic rings. The number of hydrogen-bond acceptors (Lipinski definition) is 5. The van der Waals surface area contributed by atoms with Crippen LogP contribution in [0.3, 0.4) is 0 Å². The summed E-state index contributed by atoms with van der Waals surface area (Å²) in [5.41, 5.74) is 1.57. The molecule has 7 heteroatoms. The first-order chi connectivity index (χ1) is 10.0. The number of thiophene rings is 1. The third-order valence-corrected chi connectivity index (χ3v) is 6.71. The number of likely N-dealkylation sites (N-methyl/N-ethyl adjacent to an activating group) is 1. The fraction of sp³-hybridized carbons (Fsp3) is 0.214. The Labute approximate surface area is 127 Å². The van der Waals surface area contributed by atoms with Crippen LogP contribution in [0.4, 0.5) is 11.4 Å². The van der Waals surface area contributed by atoms with Gasteiger partial charge in [0, 0.05) is 13.6 Å². The zero-order valence-corrected chi connectivity index (χ0v) is 13.0. The van der Waals surface area contributed by atoms with Crippen LogP contribution < -0.4 is 9.21 Å². The molecule has 0 bridgehead atoms. The first-order valence-corrected chi connectivity index (χ1v) is 8.62. The molecular formula is C14H13N3O2S2. The monoisotopic (exact) mass is 319 g/mol. The first kappa shape index (κ1) is 13.9. The number of rotatable bonds is 2. The molecule has 0 spiro atoms. The lowest BCUT2D eigenvalue weighted by atomic mass is 10.2. The van der Waals surface area contributed by atoms with Gasteiger partial charge in [-0.25, -0.2) is 8.42 Å². The largest absolute Gasteiger partial charge is 0.371 e. The molecular weight excluding hydrogens is 306 g/mol. The van der Waals surface area contributed by atoms with Crippen LogP contribution in [0, 0.1) is 11.3 Å². The van der Waals surface area contributed by atoms with Crippen LogP contribution in [0.5, 0.6) is 0 Å². The van der Waals surface area contributed by atoms with Crippen LogP contribution in [-0.4, -0.2) is 28.6 Å². The van der Waals surface area contributed by atoms with Gasteiger partial charge in [-0.15, -0.1) is 11.3 Å². The molecule has 0 aliphatic carbocycles.